The van der Waals surface area contributed by atoms with Crippen LogP contribution >= 0.6 is 0 Å². The number of quaternary nitrogens is 2. The molecule has 0 rings (SSSR count). The van der Waals surface area contributed by atoms with Crippen molar-refractivity contribution in [3.63, 3.8) is 0 Å². The van der Waals surface area contributed by atoms with Gasteiger partial charge in [0.05, 0.1) is 54.4 Å². The van der Waals surface area contributed by atoms with Gasteiger partial charge in [-0.15, -0.1) is 0 Å². The summed E-state index contributed by atoms with van der Waals surface area (Å²) < 4.78 is 2.05. The average molecular weight is 534 g/mol. The molecule has 8 heteroatoms. The van der Waals surface area contributed by atoms with Crippen LogP contribution in [0.1, 0.15) is 103 Å². The number of rotatable bonds is 22. The third-order valence-electron chi connectivity index (χ3n) is 6.67. The quantitative estimate of drug-likeness (QED) is 0.0945. The van der Waals surface area contributed by atoms with Crippen molar-refractivity contribution in [1.82, 2.24) is 0 Å². The molecule has 0 aromatic heterocycles. The summed E-state index contributed by atoms with van der Waals surface area (Å²) in [5.41, 5.74) is 0. The molecule has 3 N–H and O–H groups in total. The third kappa shape index (κ3) is 28.7. The summed E-state index contributed by atoms with van der Waals surface area (Å²) in [4.78, 5) is 27.4. The van der Waals surface area contributed by atoms with Crippen LogP contribution in [0, 0.1) is 0 Å². The monoisotopic (exact) mass is 532 g/mol. The van der Waals surface area contributed by atoms with Crippen molar-refractivity contribution in [3.8, 4) is 0 Å². The van der Waals surface area contributed by atoms with E-state index in [1.165, 1.54) is 103 Å². The molecule has 33 heavy (non-hydrogen) atoms. The van der Waals surface area contributed by atoms with Crippen molar-refractivity contribution in [2.24, 2.45) is 0 Å². The smallest absolute Gasteiger partial charge is 0.492 e. The van der Waals surface area contributed by atoms with E-state index in [1.54, 1.807) is 0 Å². The molecule has 204 valence electrons. The molecule has 0 amide bonds. The van der Waals surface area contributed by atoms with Crippen LogP contribution in [0.25, 0.3) is 0 Å². The third-order valence-corrected chi connectivity index (χ3v) is 7.69. The number of halogens is 2. The Bertz CT molecular complexity index is 423. The summed E-state index contributed by atoms with van der Waals surface area (Å²) in [6.45, 7) is 6.89. The van der Waals surface area contributed by atoms with Crippen molar-refractivity contribution in [3.05, 3.63) is 0 Å². The van der Waals surface area contributed by atoms with Crippen molar-refractivity contribution in [1.29, 1.82) is 0 Å². The zero-order valence-corrected chi connectivity index (χ0v) is 25.1. The maximum absolute atomic E-state index is 9.13. The van der Waals surface area contributed by atoms with Gasteiger partial charge in [0.1, 0.15) is 0 Å². The van der Waals surface area contributed by atoms with Crippen LogP contribution in [0.15, 0.2) is 0 Å². The highest BCUT2D eigenvalue weighted by molar-refractivity contribution is 6.56. The Kier molecular flexibility index (Phi) is 25.2. The van der Waals surface area contributed by atoms with Gasteiger partial charge in [0.15, 0.2) is 0 Å². The minimum absolute atomic E-state index is 0. The first-order valence-electron chi connectivity index (χ1n) is 13.3. The molecule has 0 saturated carbocycles. The fraction of sp³-hybridized carbons (Fsp3) is 1.00. The number of hydrogen-bond acceptors (Lipinski definition) is 3. The predicted octanol–water partition coefficient (Wildman–Crippen LogP) is -1.07. The van der Waals surface area contributed by atoms with E-state index >= 15 is 0 Å². The van der Waals surface area contributed by atoms with Crippen LogP contribution in [0.3, 0.4) is 0 Å². The van der Waals surface area contributed by atoms with Gasteiger partial charge >= 0.3 is 8.80 Å². The minimum atomic E-state index is -3.86. The molecule has 0 fully saturated rings. The highest BCUT2D eigenvalue weighted by atomic mass is 35.5. The Hall–Kier alpha value is 0.597. The summed E-state index contributed by atoms with van der Waals surface area (Å²) >= 11 is 0. The highest BCUT2D eigenvalue weighted by Gasteiger charge is 2.27. The first kappa shape index (κ1) is 38.1. The van der Waals surface area contributed by atoms with E-state index in [0.717, 1.165) is 22.1 Å². The lowest BCUT2D eigenvalue weighted by molar-refractivity contribution is -0.891. The van der Waals surface area contributed by atoms with Crippen LogP contribution in [-0.2, 0) is 0 Å². The van der Waals surface area contributed by atoms with Gasteiger partial charge in [-0.05, 0) is 38.5 Å². The normalized spacial score (nSPS) is 12.4. The Morgan fingerprint density at radius 1 is 0.455 bits per heavy atom. The van der Waals surface area contributed by atoms with Gasteiger partial charge in [-0.2, -0.15) is 0 Å². The zero-order valence-electron chi connectivity index (χ0n) is 22.6. The summed E-state index contributed by atoms with van der Waals surface area (Å²) in [5, 5.41) is 0. The summed E-state index contributed by atoms with van der Waals surface area (Å²) in [5.74, 6) is 0. The van der Waals surface area contributed by atoms with Crippen LogP contribution in [0.5, 0.6) is 0 Å². The lowest BCUT2D eigenvalue weighted by Gasteiger charge is -2.31. The second-order valence-electron chi connectivity index (χ2n) is 11.2. The molecule has 0 unspecified atom stereocenters. The molecule has 5 nitrogen and oxygen atoms in total. The van der Waals surface area contributed by atoms with E-state index in [1.807, 2.05) is 0 Å². The van der Waals surface area contributed by atoms with Gasteiger partial charge in [0.25, 0.3) is 0 Å². The minimum Gasteiger partial charge on any atom is -1.00 e. The Labute approximate surface area is 220 Å². The largest absolute Gasteiger partial charge is 1.00 e. The van der Waals surface area contributed by atoms with Crippen LogP contribution in [0.4, 0.5) is 0 Å². The van der Waals surface area contributed by atoms with Crippen molar-refractivity contribution >= 4 is 8.80 Å². The lowest BCUT2D eigenvalue weighted by atomic mass is 10.1. The molecule has 0 saturated heterocycles. The zero-order chi connectivity index (χ0) is 23.6. The SMILES string of the molecule is CCCCCCCCCCCC[N+](C)(C)CCCCCC[N+](C)(C)CCC[Si](O)(O)O.[Cl-].[Cl-]. The van der Waals surface area contributed by atoms with Gasteiger partial charge in [0, 0.05) is 12.5 Å². The fourth-order valence-corrected chi connectivity index (χ4v) is 5.06. The second kappa shape index (κ2) is 21.8. The molecule has 0 atom stereocenters. The number of nitrogens with zero attached hydrogens (tertiary/aromatic N) is 2. The molecule has 0 aliphatic carbocycles. The van der Waals surface area contributed by atoms with Gasteiger partial charge in [0.2, 0.25) is 0 Å². The fourth-order valence-electron chi connectivity index (χ4n) is 4.43. The number of unbranched alkanes of at least 4 members (excludes halogenated alkanes) is 12. The van der Waals surface area contributed by atoms with E-state index in [-0.39, 0.29) is 30.9 Å². The molecule has 0 radical (unpaired) electrons. The molecular weight excluding hydrogens is 475 g/mol. The van der Waals surface area contributed by atoms with Gasteiger partial charge in [-0.3, -0.25) is 0 Å². The van der Waals surface area contributed by atoms with Crippen LogP contribution < -0.4 is 24.8 Å². The topological polar surface area (TPSA) is 60.7 Å². The highest BCUT2D eigenvalue weighted by Crippen LogP contribution is 2.14. The predicted molar refractivity (Wildman–Crippen MR) is 136 cm³/mol. The summed E-state index contributed by atoms with van der Waals surface area (Å²) in [6, 6.07) is 0.153. The summed E-state index contributed by atoms with van der Waals surface area (Å²) in [6.07, 6.45) is 19.9. The lowest BCUT2D eigenvalue weighted by Crippen LogP contribution is -3.00. The first-order valence-corrected chi connectivity index (χ1v) is 15.3. The van der Waals surface area contributed by atoms with E-state index in [4.69, 9.17) is 14.4 Å². The van der Waals surface area contributed by atoms with E-state index < -0.39 is 8.80 Å². The maximum atomic E-state index is 9.13. The van der Waals surface area contributed by atoms with Gasteiger partial charge < -0.3 is 48.2 Å². The van der Waals surface area contributed by atoms with Crippen molar-refractivity contribution in [2.45, 2.75) is 109 Å². The van der Waals surface area contributed by atoms with Crippen LogP contribution in [-0.4, -0.2) is 86.5 Å². The molecule has 0 aliphatic rings. The maximum Gasteiger partial charge on any atom is 0.492 e. The van der Waals surface area contributed by atoms with E-state index in [9.17, 15) is 0 Å². The number of hydrogen-bond donors (Lipinski definition) is 3. The van der Waals surface area contributed by atoms with Crippen LogP contribution in [0.2, 0.25) is 6.04 Å². The standard InChI is InChI=1S/C25H58N2O3Si.2ClH/c1-6-7-8-9-10-11-12-13-14-17-21-26(2,3)22-18-15-16-19-23-27(4,5)24-20-25-31(28,29)30;;/h28-30H,6-25H2,1-5H3;2*1H/q+2;;/p-2. The van der Waals surface area contributed by atoms with E-state index in [0.29, 0.717) is 6.42 Å². The first-order chi connectivity index (χ1) is 14.5. The average Bonchev–Trinajstić information content (AvgIpc) is 2.64. The second-order valence-corrected chi connectivity index (χ2v) is 13.3. The molecule has 0 aromatic rings. The van der Waals surface area contributed by atoms with E-state index in [2.05, 4.69) is 35.1 Å². The Balaban J connectivity index is -0.00000450. The van der Waals surface area contributed by atoms with Gasteiger partial charge in [-0.1, -0.05) is 58.3 Å². The van der Waals surface area contributed by atoms with Gasteiger partial charge in [-0.25, -0.2) is 0 Å². The molecule has 0 spiro atoms. The van der Waals surface area contributed by atoms with Crippen molar-refractivity contribution < 1.29 is 48.2 Å². The molecule has 0 aliphatic heterocycles. The Morgan fingerprint density at radius 2 is 0.727 bits per heavy atom. The molecule has 0 aromatic carbocycles. The Morgan fingerprint density at radius 3 is 1.03 bits per heavy atom. The molecular formula is C25H58Cl2N2O3Si. The summed E-state index contributed by atoms with van der Waals surface area (Å²) in [7, 11) is 5.31. The van der Waals surface area contributed by atoms with Crippen molar-refractivity contribution in [2.75, 3.05) is 54.4 Å². The molecule has 0 heterocycles. The molecule has 0 bridgehead atoms.